The summed E-state index contributed by atoms with van der Waals surface area (Å²) in [5, 5.41) is 0. The van der Waals surface area contributed by atoms with Crippen molar-refractivity contribution in [3.63, 3.8) is 0 Å². The molecule has 1 heterocycles. The van der Waals surface area contributed by atoms with Gasteiger partial charge in [-0.25, -0.2) is 4.98 Å². The lowest BCUT2D eigenvalue weighted by atomic mass is 10.1. The minimum Gasteiger partial charge on any atom is -0.328 e. The van der Waals surface area contributed by atoms with Crippen LogP contribution in [-0.2, 0) is 13.0 Å². The summed E-state index contributed by atoms with van der Waals surface area (Å²) in [6.45, 7) is 5.55. The zero-order chi connectivity index (χ0) is 14.4. The lowest BCUT2D eigenvalue weighted by molar-refractivity contribution is 0.606. The Hall–Kier alpha value is -0.830. The van der Waals surface area contributed by atoms with Gasteiger partial charge in [0, 0.05) is 17.8 Å². The van der Waals surface area contributed by atoms with Crippen LogP contribution < -0.4 is 0 Å². The fraction of sp³-hybridized carbons (Fsp3) is 0.588. The summed E-state index contributed by atoms with van der Waals surface area (Å²) in [5.74, 6) is 1.25. The van der Waals surface area contributed by atoms with Gasteiger partial charge in [-0.05, 0) is 37.8 Å². The molecule has 0 aliphatic carbocycles. The molecule has 0 bridgehead atoms. The zero-order valence-electron chi connectivity index (χ0n) is 12.6. The number of aryl methyl sites for hydroxylation is 2. The van der Waals surface area contributed by atoms with Crippen molar-refractivity contribution in [1.29, 1.82) is 0 Å². The van der Waals surface area contributed by atoms with Crippen molar-refractivity contribution in [1.82, 2.24) is 9.55 Å². The molecule has 1 atom stereocenters. The maximum absolute atomic E-state index is 4.82. The fourth-order valence-electron chi connectivity index (χ4n) is 2.73. The summed E-state index contributed by atoms with van der Waals surface area (Å²) in [5.41, 5.74) is 2.42. The molecule has 0 saturated carbocycles. The number of hydrogen-bond donors (Lipinski definition) is 0. The lowest BCUT2D eigenvalue weighted by Gasteiger charge is -2.10. The number of halogens is 1. The number of fused-ring (bicyclic) bond motifs is 1. The molecule has 2 aromatic rings. The van der Waals surface area contributed by atoms with E-state index in [1.54, 1.807) is 0 Å². The topological polar surface area (TPSA) is 17.8 Å². The molecule has 0 aliphatic heterocycles. The summed E-state index contributed by atoms with van der Waals surface area (Å²) < 4.78 is 2.40. The van der Waals surface area contributed by atoms with E-state index in [4.69, 9.17) is 4.98 Å². The van der Waals surface area contributed by atoms with E-state index >= 15 is 0 Å². The smallest absolute Gasteiger partial charge is 0.109 e. The number of nitrogens with zero attached hydrogens (tertiary/aromatic N) is 2. The first-order chi connectivity index (χ1) is 9.76. The fourth-order valence-corrected chi connectivity index (χ4v) is 3.51. The van der Waals surface area contributed by atoms with Crippen LogP contribution in [0, 0.1) is 0 Å². The number of imidazole rings is 1. The highest BCUT2D eigenvalue weighted by Crippen LogP contribution is 2.20. The van der Waals surface area contributed by atoms with E-state index in [2.05, 4.69) is 58.6 Å². The Balaban J connectivity index is 2.06. The summed E-state index contributed by atoms with van der Waals surface area (Å²) >= 11 is 3.77. The Kier molecular flexibility index (Phi) is 6.08. The molecule has 2 rings (SSSR count). The van der Waals surface area contributed by atoms with Gasteiger partial charge < -0.3 is 4.57 Å². The second-order valence-corrected chi connectivity index (χ2v) is 6.74. The van der Waals surface area contributed by atoms with Crippen LogP contribution in [0.3, 0.4) is 0 Å². The van der Waals surface area contributed by atoms with Crippen molar-refractivity contribution in [2.24, 2.45) is 0 Å². The van der Waals surface area contributed by atoms with E-state index in [0.717, 1.165) is 24.9 Å². The van der Waals surface area contributed by atoms with Gasteiger partial charge in [-0.3, -0.25) is 0 Å². The summed E-state index contributed by atoms with van der Waals surface area (Å²) in [7, 11) is 0. The molecule has 1 aromatic carbocycles. The monoisotopic (exact) mass is 336 g/mol. The molecule has 0 aliphatic rings. The molecule has 0 radical (unpaired) electrons. The normalized spacial score (nSPS) is 12.9. The van der Waals surface area contributed by atoms with E-state index in [1.165, 1.54) is 37.0 Å². The second kappa shape index (κ2) is 7.82. The largest absolute Gasteiger partial charge is 0.328 e. The standard InChI is InChI=1S/C17H25BrN2/c1-3-8-14(18)9-7-12-17-19-15-10-5-6-11-16(15)20(17)13-4-2/h5-6,10-11,14H,3-4,7-9,12-13H2,1-2H3. The molecule has 0 N–H and O–H groups in total. The minimum absolute atomic E-state index is 0.663. The minimum atomic E-state index is 0.663. The first-order valence-corrected chi connectivity index (χ1v) is 8.76. The number of alkyl halides is 1. The predicted molar refractivity (Wildman–Crippen MR) is 90.6 cm³/mol. The quantitative estimate of drug-likeness (QED) is 0.595. The third kappa shape index (κ3) is 3.85. The molecule has 110 valence electrons. The van der Waals surface area contributed by atoms with Crippen molar-refractivity contribution in [2.75, 3.05) is 0 Å². The maximum Gasteiger partial charge on any atom is 0.109 e. The third-order valence-electron chi connectivity index (χ3n) is 3.70. The molecule has 0 amide bonds. The summed E-state index contributed by atoms with van der Waals surface area (Å²) in [6.07, 6.45) is 7.21. The van der Waals surface area contributed by atoms with Gasteiger partial charge in [0.1, 0.15) is 5.82 Å². The van der Waals surface area contributed by atoms with Crippen molar-refractivity contribution >= 4 is 27.0 Å². The van der Waals surface area contributed by atoms with E-state index in [9.17, 15) is 0 Å². The molecular weight excluding hydrogens is 312 g/mol. The lowest BCUT2D eigenvalue weighted by Crippen LogP contribution is -2.05. The van der Waals surface area contributed by atoms with Gasteiger partial charge in [0.05, 0.1) is 11.0 Å². The highest BCUT2D eigenvalue weighted by molar-refractivity contribution is 9.09. The molecule has 0 fully saturated rings. The third-order valence-corrected chi connectivity index (χ3v) is 4.62. The highest BCUT2D eigenvalue weighted by atomic mass is 79.9. The summed E-state index contributed by atoms with van der Waals surface area (Å²) in [4.78, 5) is 5.49. The van der Waals surface area contributed by atoms with E-state index in [0.29, 0.717) is 4.83 Å². The van der Waals surface area contributed by atoms with Gasteiger partial charge in [0.2, 0.25) is 0 Å². The van der Waals surface area contributed by atoms with Gasteiger partial charge in [-0.15, -0.1) is 0 Å². The molecule has 0 saturated heterocycles. The van der Waals surface area contributed by atoms with Gasteiger partial charge in [0.25, 0.3) is 0 Å². The molecule has 0 spiro atoms. The van der Waals surface area contributed by atoms with Gasteiger partial charge in [-0.1, -0.05) is 48.3 Å². The van der Waals surface area contributed by atoms with E-state index in [1.807, 2.05) is 0 Å². The van der Waals surface area contributed by atoms with Crippen molar-refractivity contribution < 1.29 is 0 Å². The van der Waals surface area contributed by atoms with Crippen LogP contribution in [0.1, 0.15) is 51.8 Å². The number of para-hydroxylation sites is 2. The van der Waals surface area contributed by atoms with Crippen LogP contribution in [0.15, 0.2) is 24.3 Å². The molecule has 1 unspecified atom stereocenters. The number of rotatable bonds is 8. The highest BCUT2D eigenvalue weighted by Gasteiger charge is 2.10. The van der Waals surface area contributed by atoms with Crippen LogP contribution in [0.25, 0.3) is 11.0 Å². The van der Waals surface area contributed by atoms with Gasteiger partial charge >= 0.3 is 0 Å². The Bertz CT molecular complexity index is 533. The number of hydrogen-bond acceptors (Lipinski definition) is 1. The predicted octanol–water partition coefficient (Wildman–Crippen LogP) is 5.33. The molecule has 2 nitrogen and oxygen atoms in total. The van der Waals surface area contributed by atoms with Crippen LogP contribution in [0.4, 0.5) is 0 Å². The first-order valence-electron chi connectivity index (χ1n) is 7.84. The molecular formula is C17H25BrN2. The maximum atomic E-state index is 4.82. The zero-order valence-corrected chi connectivity index (χ0v) is 14.2. The van der Waals surface area contributed by atoms with Crippen LogP contribution in [-0.4, -0.2) is 14.4 Å². The average Bonchev–Trinajstić information content (AvgIpc) is 2.78. The molecule has 3 heteroatoms. The first kappa shape index (κ1) is 15.6. The van der Waals surface area contributed by atoms with Crippen LogP contribution in [0.5, 0.6) is 0 Å². The average molecular weight is 337 g/mol. The number of benzene rings is 1. The molecule has 1 aromatic heterocycles. The van der Waals surface area contributed by atoms with Crippen LogP contribution >= 0.6 is 15.9 Å². The van der Waals surface area contributed by atoms with Crippen LogP contribution in [0.2, 0.25) is 0 Å². The Morgan fingerprint density at radius 2 is 1.95 bits per heavy atom. The van der Waals surface area contributed by atoms with Crippen molar-refractivity contribution in [3.8, 4) is 0 Å². The van der Waals surface area contributed by atoms with E-state index < -0.39 is 0 Å². The molecule has 20 heavy (non-hydrogen) atoms. The number of aromatic nitrogens is 2. The van der Waals surface area contributed by atoms with Gasteiger partial charge in [-0.2, -0.15) is 0 Å². The van der Waals surface area contributed by atoms with Crippen molar-refractivity contribution in [2.45, 2.75) is 63.7 Å². The van der Waals surface area contributed by atoms with E-state index in [-0.39, 0.29) is 0 Å². The Morgan fingerprint density at radius 3 is 2.70 bits per heavy atom. The SMILES string of the molecule is CCCC(Br)CCCc1nc2ccccc2n1CCC. The van der Waals surface area contributed by atoms with Crippen molar-refractivity contribution in [3.05, 3.63) is 30.1 Å². The Morgan fingerprint density at radius 1 is 1.15 bits per heavy atom. The second-order valence-electron chi connectivity index (χ2n) is 5.45. The summed E-state index contributed by atoms with van der Waals surface area (Å²) in [6, 6.07) is 8.49. The van der Waals surface area contributed by atoms with Gasteiger partial charge in [0.15, 0.2) is 0 Å². The Labute approximate surface area is 130 Å².